The molecular formula is C13H26N2O2. The van der Waals surface area contributed by atoms with Gasteiger partial charge in [-0.1, -0.05) is 6.92 Å². The van der Waals surface area contributed by atoms with Crippen LogP contribution in [0.2, 0.25) is 0 Å². The van der Waals surface area contributed by atoms with E-state index in [1.54, 1.807) is 0 Å². The van der Waals surface area contributed by atoms with Crippen molar-refractivity contribution < 1.29 is 9.47 Å². The van der Waals surface area contributed by atoms with Crippen molar-refractivity contribution in [3.63, 3.8) is 0 Å². The molecule has 4 nitrogen and oxygen atoms in total. The summed E-state index contributed by atoms with van der Waals surface area (Å²) in [7, 11) is 0. The van der Waals surface area contributed by atoms with Crippen molar-refractivity contribution in [2.24, 2.45) is 5.92 Å². The Morgan fingerprint density at radius 3 is 3.00 bits per heavy atom. The van der Waals surface area contributed by atoms with Crippen molar-refractivity contribution in [3.05, 3.63) is 0 Å². The summed E-state index contributed by atoms with van der Waals surface area (Å²) < 4.78 is 11.4. The minimum Gasteiger partial charge on any atom is -0.378 e. The fourth-order valence-electron chi connectivity index (χ4n) is 2.73. The molecule has 2 aliphatic rings. The average Bonchev–Trinajstić information content (AvgIpc) is 2.83. The first kappa shape index (κ1) is 13.3. The molecule has 3 atom stereocenters. The predicted octanol–water partition coefficient (Wildman–Crippen LogP) is 0.770. The maximum atomic E-state index is 5.69. The van der Waals surface area contributed by atoms with Crippen LogP contribution in [0.15, 0.2) is 0 Å². The number of ether oxygens (including phenoxy) is 2. The Bertz CT molecular complexity index is 208. The van der Waals surface area contributed by atoms with Crippen molar-refractivity contribution in [1.82, 2.24) is 10.6 Å². The SMILES string of the molecule is CCC1OCCC1CNCCC1CNCCO1. The Hall–Kier alpha value is -0.160. The molecule has 17 heavy (non-hydrogen) atoms. The number of nitrogens with one attached hydrogen (secondary N) is 2. The summed E-state index contributed by atoms with van der Waals surface area (Å²) in [5, 5.41) is 6.91. The minimum atomic E-state index is 0.401. The molecule has 0 aromatic rings. The zero-order chi connectivity index (χ0) is 11.9. The van der Waals surface area contributed by atoms with Crippen LogP contribution in [-0.2, 0) is 9.47 Å². The summed E-state index contributed by atoms with van der Waals surface area (Å²) in [6.45, 7) is 8.18. The van der Waals surface area contributed by atoms with Crippen LogP contribution in [0.1, 0.15) is 26.2 Å². The van der Waals surface area contributed by atoms with Gasteiger partial charge in [0.1, 0.15) is 0 Å². The molecule has 2 saturated heterocycles. The van der Waals surface area contributed by atoms with E-state index < -0.39 is 0 Å². The van der Waals surface area contributed by atoms with Gasteiger partial charge in [0.05, 0.1) is 18.8 Å². The molecule has 3 unspecified atom stereocenters. The van der Waals surface area contributed by atoms with Gasteiger partial charge in [0.15, 0.2) is 0 Å². The molecule has 0 spiro atoms. The highest BCUT2D eigenvalue weighted by Gasteiger charge is 2.26. The molecule has 100 valence electrons. The first-order valence-corrected chi connectivity index (χ1v) is 7.04. The molecule has 2 fully saturated rings. The largest absolute Gasteiger partial charge is 0.378 e. The number of hydrogen-bond donors (Lipinski definition) is 2. The van der Waals surface area contributed by atoms with Gasteiger partial charge in [-0.15, -0.1) is 0 Å². The normalized spacial score (nSPS) is 34.1. The molecular weight excluding hydrogens is 216 g/mol. The van der Waals surface area contributed by atoms with Crippen molar-refractivity contribution >= 4 is 0 Å². The number of morpholine rings is 1. The molecule has 0 aromatic heterocycles. The Morgan fingerprint density at radius 1 is 1.29 bits per heavy atom. The predicted molar refractivity (Wildman–Crippen MR) is 68.2 cm³/mol. The van der Waals surface area contributed by atoms with Crippen molar-refractivity contribution in [2.45, 2.75) is 38.4 Å². The van der Waals surface area contributed by atoms with Gasteiger partial charge in [0.2, 0.25) is 0 Å². The van der Waals surface area contributed by atoms with Gasteiger partial charge in [-0.2, -0.15) is 0 Å². The second kappa shape index (κ2) is 7.31. The van der Waals surface area contributed by atoms with Crippen molar-refractivity contribution in [3.8, 4) is 0 Å². The van der Waals surface area contributed by atoms with Crippen LogP contribution in [-0.4, -0.2) is 51.6 Å². The van der Waals surface area contributed by atoms with Crippen LogP contribution in [0, 0.1) is 5.92 Å². The second-order valence-corrected chi connectivity index (χ2v) is 5.06. The van der Waals surface area contributed by atoms with Gasteiger partial charge in [0, 0.05) is 26.2 Å². The van der Waals surface area contributed by atoms with Gasteiger partial charge in [0.25, 0.3) is 0 Å². The van der Waals surface area contributed by atoms with Gasteiger partial charge in [-0.05, 0) is 31.7 Å². The van der Waals surface area contributed by atoms with Crippen LogP contribution in [0.4, 0.5) is 0 Å². The highest BCUT2D eigenvalue weighted by atomic mass is 16.5. The third kappa shape index (κ3) is 4.21. The molecule has 0 amide bonds. The third-order valence-electron chi connectivity index (χ3n) is 3.80. The van der Waals surface area contributed by atoms with E-state index in [1.807, 2.05) is 0 Å². The molecule has 2 rings (SSSR count). The molecule has 0 aliphatic carbocycles. The Kier molecular flexibility index (Phi) is 5.71. The standard InChI is InChI=1S/C13H26N2O2/c1-2-13-11(4-7-17-13)9-14-5-3-12-10-15-6-8-16-12/h11-15H,2-10H2,1H3. The van der Waals surface area contributed by atoms with E-state index in [2.05, 4.69) is 17.6 Å². The molecule has 2 N–H and O–H groups in total. The molecule has 2 heterocycles. The maximum absolute atomic E-state index is 5.69. The van der Waals surface area contributed by atoms with Gasteiger partial charge >= 0.3 is 0 Å². The molecule has 0 aromatic carbocycles. The van der Waals surface area contributed by atoms with Crippen LogP contribution < -0.4 is 10.6 Å². The van der Waals surface area contributed by atoms with Crippen molar-refractivity contribution in [2.75, 3.05) is 39.4 Å². The van der Waals surface area contributed by atoms with Crippen LogP contribution in [0.25, 0.3) is 0 Å². The average molecular weight is 242 g/mol. The monoisotopic (exact) mass is 242 g/mol. The summed E-state index contributed by atoms with van der Waals surface area (Å²) in [4.78, 5) is 0. The third-order valence-corrected chi connectivity index (χ3v) is 3.80. The van der Waals surface area contributed by atoms with Gasteiger partial charge in [-0.25, -0.2) is 0 Å². The Labute approximate surface area is 104 Å². The van der Waals surface area contributed by atoms with Crippen molar-refractivity contribution in [1.29, 1.82) is 0 Å². The highest BCUT2D eigenvalue weighted by molar-refractivity contribution is 4.77. The van der Waals surface area contributed by atoms with E-state index in [0.29, 0.717) is 18.1 Å². The number of hydrogen-bond acceptors (Lipinski definition) is 4. The summed E-state index contributed by atoms with van der Waals surface area (Å²) >= 11 is 0. The van der Waals surface area contributed by atoms with E-state index in [0.717, 1.165) is 52.2 Å². The molecule has 2 aliphatic heterocycles. The summed E-state index contributed by atoms with van der Waals surface area (Å²) in [6, 6.07) is 0. The van der Waals surface area contributed by atoms with Crippen LogP contribution >= 0.6 is 0 Å². The lowest BCUT2D eigenvalue weighted by Crippen LogP contribution is -2.40. The fourth-order valence-corrected chi connectivity index (χ4v) is 2.73. The second-order valence-electron chi connectivity index (χ2n) is 5.06. The lowest BCUT2D eigenvalue weighted by Gasteiger charge is -2.24. The minimum absolute atomic E-state index is 0.401. The van der Waals surface area contributed by atoms with Gasteiger partial charge < -0.3 is 20.1 Å². The van der Waals surface area contributed by atoms with E-state index in [-0.39, 0.29) is 0 Å². The zero-order valence-corrected chi connectivity index (χ0v) is 10.9. The van der Waals surface area contributed by atoms with E-state index in [9.17, 15) is 0 Å². The molecule has 0 bridgehead atoms. The van der Waals surface area contributed by atoms with Gasteiger partial charge in [-0.3, -0.25) is 0 Å². The summed E-state index contributed by atoms with van der Waals surface area (Å²) in [5.74, 6) is 0.713. The Balaban J connectivity index is 1.53. The first-order chi connectivity index (χ1) is 8.40. The molecule has 0 radical (unpaired) electrons. The number of rotatable bonds is 6. The van der Waals surface area contributed by atoms with Crippen LogP contribution in [0.5, 0.6) is 0 Å². The Morgan fingerprint density at radius 2 is 2.24 bits per heavy atom. The van der Waals surface area contributed by atoms with E-state index >= 15 is 0 Å². The fraction of sp³-hybridized carbons (Fsp3) is 1.00. The highest BCUT2D eigenvalue weighted by Crippen LogP contribution is 2.22. The van der Waals surface area contributed by atoms with Crippen LogP contribution in [0.3, 0.4) is 0 Å². The zero-order valence-electron chi connectivity index (χ0n) is 10.9. The maximum Gasteiger partial charge on any atom is 0.0712 e. The smallest absolute Gasteiger partial charge is 0.0712 e. The van der Waals surface area contributed by atoms with E-state index in [1.165, 1.54) is 6.42 Å². The van der Waals surface area contributed by atoms with E-state index in [4.69, 9.17) is 9.47 Å². The summed E-state index contributed by atoms with van der Waals surface area (Å²) in [5.41, 5.74) is 0. The topological polar surface area (TPSA) is 42.5 Å². The lowest BCUT2D eigenvalue weighted by molar-refractivity contribution is 0.0235. The quantitative estimate of drug-likeness (QED) is 0.675. The lowest BCUT2D eigenvalue weighted by atomic mass is 10.00. The summed E-state index contributed by atoms with van der Waals surface area (Å²) in [6.07, 6.45) is 4.35. The molecule has 0 saturated carbocycles. The first-order valence-electron chi connectivity index (χ1n) is 7.04. The molecule has 4 heteroatoms.